The van der Waals surface area contributed by atoms with Crippen LogP contribution in [0.2, 0.25) is 5.02 Å². The van der Waals surface area contributed by atoms with Gasteiger partial charge in [-0.3, -0.25) is 4.79 Å². The van der Waals surface area contributed by atoms with E-state index in [9.17, 15) is 9.59 Å². The van der Waals surface area contributed by atoms with Crippen molar-refractivity contribution in [3.63, 3.8) is 0 Å². The molecular weight excluding hydrogens is 332 g/mol. The van der Waals surface area contributed by atoms with Crippen LogP contribution >= 0.6 is 11.6 Å². The third kappa shape index (κ3) is 3.67. The maximum absolute atomic E-state index is 11.9. The van der Waals surface area contributed by atoms with Crippen LogP contribution in [-0.4, -0.2) is 22.4 Å². The van der Waals surface area contributed by atoms with Gasteiger partial charge in [0, 0.05) is 16.1 Å². The van der Waals surface area contributed by atoms with E-state index in [0.29, 0.717) is 33.8 Å². The van der Waals surface area contributed by atoms with E-state index in [-0.39, 0.29) is 12.5 Å². The molecule has 2 aromatic carbocycles. The van der Waals surface area contributed by atoms with Crippen molar-refractivity contribution in [1.82, 2.24) is 10.1 Å². The van der Waals surface area contributed by atoms with E-state index in [4.69, 9.17) is 20.9 Å². The molecule has 0 aliphatic carbocycles. The van der Waals surface area contributed by atoms with Crippen LogP contribution in [0, 0.1) is 0 Å². The number of aldehydes is 1. The van der Waals surface area contributed by atoms with Gasteiger partial charge in [-0.2, -0.15) is 4.98 Å². The van der Waals surface area contributed by atoms with Gasteiger partial charge in [-0.05, 0) is 24.3 Å². The molecule has 0 spiro atoms. The van der Waals surface area contributed by atoms with Gasteiger partial charge in [-0.1, -0.05) is 41.0 Å². The first-order chi connectivity index (χ1) is 11.7. The van der Waals surface area contributed by atoms with Crippen LogP contribution in [0.25, 0.3) is 11.4 Å². The van der Waals surface area contributed by atoms with Crippen LogP contribution < -0.4 is 0 Å². The lowest BCUT2D eigenvalue weighted by atomic mass is 10.1. The summed E-state index contributed by atoms with van der Waals surface area (Å²) in [6, 6.07) is 13.1. The first kappa shape index (κ1) is 15.9. The standard InChI is InChI=1S/C17H11ClN2O4/c18-14-3-1-2-13(8-14)16-19-15(24-20-16)10-23-17(22)12-6-4-11(9-21)5-7-12/h1-9H,10H2. The molecule has 0 atom stereocenters. The minimum Gasteiger partial charge on any atom is -0.452 e. The normalized spacial score (nSPS) is 10.4. The van der Waals surface area contributed by atoms with Gasteiger partial charge < -0.3 is 9.26 Å². The van der Waals surface area contributed by atoms with E-state index in [0.717, 1.165) is 0 Å². The fourth-order valence-corrected chi connectivity index (χ4v) is 2.16. The Morgan fingerprint density at radius 2 is 2.00 bits per heavy atom. The Hall–Kier alpha value is -2.99. The van der Waals surface area contributed by atoms with Gasteiger partial charge in [-0.15, -0.1) is 0 Å². The molecule has 6 nitrogen and oxygen atoms in total. The molecule has 1 aromatic heterocycles. The average molecular weight is 343 g/mol. The van der Waals surface area contributed by atoms with Crippen LogP contribution in [0.3, 0.4) is 0 Å². The second-order valence-electron chi connectivity index (χ2n) is 4.84. The molecule has 0 saturated heterocycles. The Morgan fingerprint density at radius 3 is 2.71 bits per heavy atom. The average Bonchev–Trinajstić information content (AvgIpc) is 3.09. The monoisotopic (exact) mass is 342 g/mol. The molecule has 3 aromatic rings. The third-order valence-corrected chi connectivity index (χ3v) is 3.40. The number of benzene rings is 2. The van der Waals surface area contributed by atoms with Crippen molar-refractivity contribution < 1.29 is 18.8 Å². The van der Waals surface area contributed by atoms with Crippen molar-refractivity contribution in [2.24, 2.45) is 0 Å². The van der Waals surface area contributed by atoms with Gasteiger partial charge in [0.05, 0.1) is 5.56 Å². The van der Waals surface area contributed by atoms with E-state index in [1.54, 1.807) is 24.3 Å². The molecule has 0 radical (unpaired) electrons. The summed E-state index contributed by atoms with van der Waals surface area (Å²) in [5, 5.41) is 4.39. The van der Waals surface area contributed by atoms with Gasteiger partial charge in [0.25, 0.3) is 5.89 Å². The lowest BCUT2D eigenvalue weighted by molar-refractivity contribution is 0.0429. The van der Waals surface area contributed by atoms with Crippen molar-refractivity contribution in [2.75, 3.05) is 0 Å². The zero-order valence-electron chi connectivity index (χ0n) is 12.3. The van der Waals surface area contributed by atoms with Crippen molar-refractivity contribution in [3.8, 4) is 11.4 Å². The number of nitrogens with zero attached hydrogens (tertiary/aromatic N) is 2. The molecule has 0 aliphatic heterocycles. The molecule has 0 N–H and O–H groups in total. The lowest BCUT2D eigenvalue weighted by Gasteiger charge is -2.01. The Balaban J connectivity index is 1.64. The highest BCUT2D eigenvalue weighted by Crippen LogP contribution is 2.20. The van der Waals surface area contributed by atoms with Crippen molar-refractivity contribution in [2.45, 2.75) is 6.61 Å². The summed E-state index contributed by atoms with van der Waals surface area (Å²) in [5.74, 6) is -0.0170. The van der Waals surface area contributed by atoms with Crippen LogP contribution in [0.5, 0.6) is 0 Å². The minimum absolute atomic E-state index is 0.151. The number of halogens is 1. The van der Waals surface area contributed by atoms with Crippen molar-refractivity contribution in [1.29, 1.82) is 0 Å². The molecule has 3 rings (SSSR count). The Morgan fingerprint density at radius 1 is 1.21 bits per heavy atom. The highest BCUT2D eigenvalue weighted by atomic mass is 35.5. The number of ether oxygens (including phenoxy) is 1. The summed E-state index contributed by atoms with van der Waals surface area (Å²) in [4.78, 5) is 26.7. The van der Waals surface area contributed by atoms with Gasteiger partial charge in [0.15, 0.2) is 6.61 Å². The van der Waals surface area contributed by atoms with E-state index in [2.05, 4.69) is 10.1 Å². The van der Waals surface area contributed by atoms with Crippen LogP contribution in [0.15, 0.2) is 53.1 Å². The quantitative estimate of drug-likeness (QED) is 0.521. The number of carbonyl (C=O) groups excluding carboxylic acids is 2. The highest BCUT2D eigenvalue weighted by molar-refractivity contribution is 6.30. The highest BCUT2D eigenvalue weighted by Gasteiger charge is 2.12. The first-order valence-corrected chi connectivity index (χ1v) is 7.34. The number of aromatic nitrogens is 2. The lowest BCUT2D eigenvalue weighted by Crippen LogP contribution is -2.05. The molecule has 0 aliphatic rings. The van der Waals surface area contributed by atoms with E-state index >= 15 is 0 Å². The molecular formula is C17H11ClN2O4. The molecule has 0 fully saturated rings. The zero-order chi connectivity index (χ0) is 16.9. The van der Waals surface area contributed by atoms with Crippen LogP contribution in [0.4, 0.5) is 0 Å². The van der Waals surface area contributed by atoms with Crippen molar-refractivity contribution in [3.05, 3.63) is 70.6 Å². The number of rotatable bonds is 5. The molecule has 7 heteroatoms. The van der Waals surface area contributed by atoms with Crippen LogP contribution in [0.1, 0.15) is 26.6 Å². The first-order valence-electron chi connectivity index (χ1n) is 6.96. The zero-order valence-corrected chi connectivity index (χ0v) is 13.1. The largest absolute Gasteiger partial charge is 0.452 e. The van der Waals surface area contributed by atoms with E-state index in [1.807, 2.05) is 0 Å². The Labute approximate surface area is 142 Å². The number of hydrogen-bond acceptors (Lipinski definition) is 6. The van der Waals surface area contributed by atoms with Gasteiger partial charge >= 0.3 is 5.97 Å². The van der Waals surface area contributed by atoms with Crippen LogP contribution in [-0.2, 0) is 11.3 Å². The second-order valence-corrected chi connectivity index (χ2v) is 5.27. The summed E-state index contributed by atoms with van der Waals surface area (Å²) in [6.07, 6.45) is 0.699. The SMILES string of the molecule is O=Cc1ccc(C(=O)OCc2nc(-c3cccc(Cl)c3)no2)cc1. The Kier molecular flexibility index (Phi) is 4.67. The van der Waals surface area contributed by atoms with E-state index in [1.165, 1.54) is 24.3 Å². The molecule has 24 heavy (non-hydrogen) atoms. The minimum atomic E-state index is -0.546. The summed E-state index contributed by atoms with van der Waals surface area (Å²) < 4.78 is 10.2. The van der Waals surface area contributed by atoms with Gasteiger partial charge in [0.2, 0.25) is 5.82 Å². The van der Waals surface area contributed by atoms with E-state index < -0.39 is 5.97 Å². The summed E-state index contributed by atoms with van der Waals surface area (Å²) in [6.45, 7) is -0.151. The molecule has 0 bridgehead atoms. The summed E-state index contributed by atoms with van der Waals surface area (Å²) in [5.41, 5.74) is 1.51. The molecule has 0 saturated carbocycles. The molecule has 0 amide bonds. The Bertz CT molecular complexity index is 874. The van der Waals surface area contributed by atoms with Gasteiger partial charge in [0.1, 0.15) is 6.29 Å². The maximum Gasteiger partial charge on any atom is 0.338 e. The number of carbonyl (C=O) groups is 2. The predicted octanol–water partition coefficient (Wildman–Crippen LogP) is 3.56. The summed E-state index contributed by atoms with van der Waals surface area (Å²) in [7, 11) is 0. The van der Waals surface area contributed by atoms with Crippen molar-refractivity contribution >= 4 is 23.9 Å². The topological polar surface area (TPSA) is 82.3 Å². The smallest absolute Gasteiger partial charge is 0.338 e. The van der Waals surface area contributed by atoms with Gasteiger partial charge in [-0.25, -0.2) is 4.79 Å². The third-order valence-electron chi connectivity index (χ3n) is 3.16. The second kappa shape index (κ2) is 7.06. The molecule has 1 heterocycles. The maximum atomic E-state index is 11.9. The number of hydrogen-bond donors (Lipinski definition) is 0. The molecule has 0 unspecified atom stereocenters. The molecule has 120 valence electrons. The predicted molar refractivity (Wildman–Crippen MR) is 85.7 cm³/mol. The number of esters is 1. The summed E-state index contributed by atoms with van der Waals surface area (Å²) >= 11 is 5.92. The fourth-order valence-electron chi connectivity index (χ4n) is 1.97. The fraction of sp³-hybridized carbons (Fsp3) is 0.0588.